The third kappa shape index (κ3) is 4.85. The minimum atomic E-state index is -0.506. The lowest BCUT2D eigenvalue weighted by Crippen LogP contribution is -2.37. The van der Waals surface area contributed by atoms with Crippen molar-refractivity contribution in [3.05, 3.63) is 29.3 Å². The zero-order valence-electron chi connectivity index (χ0n) is 12.9. The Hall–Kier alpha value is -1.55. The van der Waals surface area contributed by atoms with Gasteiger partial charge in [0.1, 0.15) is 5.75 Å². The van der Waals surface area contributed by atoms with Gasteiger partial charge in [-0.25, -0.2) is 0 Å². The molecule has 1 amide bonds. The summed E-state index contributed by atoms with van der Waals surface area (Å²) in [7, 11) is 0. The number of carbonyl (C=O) groups is 1. The predicted octanol–water partition coefficient (Wildman–Crippen LogP) is 2.35. The van der Waals surface area contributed by atoms with Crippen LogP contribution in [0.4, 0.5) is 0 Å². The average molecular weight is 278 g/mol. The van der Waals surface area contributed by atoms with Gasteiger partial charge in [0.2, 0.25) is 0 Å². The number of hydrogen-bond acceptors (Lipinski definition) is 3. The first-order chi connectivity index (χ1) is 9.45. The van der Waals surface area contributed by atoms with Gasteiger partial charge in [0, 0.05) is 6.54 Å². The summed E-state index contributed by atoms with van der Waals surface area (Å²) < 4.78 is 5.79. The Bertz CT molecular complexity index is 444. The van der Waals surface area contributed by atoms with Gasteiger partial charge in [-0.1, -0.05) is 26.0 Å². The lowest BCUT2D eigenvalue weighted by molar-refractivity contribution is -0.127. The summed E-state index contributed by atoms with van der Waals surface area (Å²) in [6.07, 6.45) is 0.272. The number of rotatable bonds is 7. The highest BCUT2D eigenvalue weighted by atomic mass is 16.5. The molecule has 0 bridgehead atoms. The molecule has 20 heavy (non-hydrogen) atoms. The minimum Gasteiger partial charge on any atom is -0.481 e. The van der Waals surface area contributed by atoms with Crippen LogP contribution < -0.4 is 15.8 Å². The monoisotopic (exact) mass is 278 g/mol. The first-order valence-electron chi connectivity index (χ1n) is 7.20. The van der Waals surface area contributed by atoms with Gasteiger partial charge in [0.15, 0.2) is 6.10 Å². The van der Waals surface area contributed by atoms with E-state index in [1.54, 1.807) is 6.92 Å². The molecule has 1 aromatic rings. The normalized spacial score (nSPS) is 12.3. The Kier molecular flexibility index (Phi) is 6.52. The Balaban J connectivity index is 2.67. The second-order valence-corrected chi connectivity index (χ2v) is 5.37. The molecule has 1 aromatic carbocycles. The molecular formula is C16H26N2O2. The van der Waals surface area contributed by atoms with Crippen molar-refractivity contribution in [3.8, 4) is 5.75 Å². The first-order valence-corrected chi connectivity index (χ1v) is 7.20. The molecule has 0 spiro atoms. The number of nitrogens with one attached hydrogen (secondary N) is 1. The molecule has 0 aromatic heterocycles. The van der Waals surface area contributed by atoms with Crippen molar-refractivity contribution in [1.29, 1.82) is 0 Å². The molecule has 0 aliphatic rings. The zero-order chi connectivity index (χ0) is 15.1. The summed E-state index contributed by atoms with van der Waals surface area (Å²) in [6, 6.07) is 6.15. The van der Waals surface area contributed by atoms with Crippen LogP contribution in [0.15, 0.2) is 18.2 Å². The van der Waals surface area contributed by atoms with Gasteiger partial charge in [-0.2, -0.15) is 0 Å². The van der Waals surface area contributed by atoms with E-state index in [4.69, 9.17) is 10.5 Å². The number of benzene rings is 1. The highest BCUT2D eigenvalue weighted by molar-refractivity contribution is 5.80. The molecule has 0 heterocycles. The van der Waals surface area contributed by atoms with Crippen LogP contribution in [-0.4, -0.2) is 25.1 Å². The molecular weight excluding hydrogens is 252 g/mol. The summed E-state index contributed by atoms with van der Waals surface area (Å²) in [4.78, 5) is 11.9. The molecule has 1 atom stereocenters. The fourth-order valence-electron chi connectivity index (χ4n) is 1.80. The molecule has 1 rings (SSSR count). The molecule has 0 fully saturated rings. The number of ether oxygens (including phenoxy) is 1. The maximum Gasteiger partial charge on any atom is 0.260 e. The van der Waals surface area contributed by atoms with E-state index in [9.17, 15) is 4.79 Å². The lowest BCUT2D eigenvalue weighted by Gasteiger charge is -2.17. The van der Waals surface area contributed by atoms with Gasteiger partial charge in [-0.05, 0) is 49.9 Å². The molecule has 4 nitrogen and oxygen atoms in total. The predicted molar refractivity (Wildman–Crippen MR) is 82.0 cm³/mol. The summed E-state index contributed by atoms with van der Waals surface area (Å²) in [5.41, 5.74) is 7.64. The van der Waals surface area contributed by atoms with Crippen LogP contribution >= 0.6 is 0 Å². The summed E-state index contributed by atoms with van der Waals surface area (Å²) in [6.45, 7) is 9.19. The highest BCUT2D eigenvalue weighted by Crippen LogP contribution is 2.25. The van der Waals surface area contributed by atoms with Crippen molar-refractivity contribution in [1.82, 2.24) is 5.32 Å². The van der Waals surface area contributed by atoms with Crippen LogP contribution in [0.25, 0.3) is 0 Å². The Morgan fingerprint density at radius 2 is 2.05 bits per heavy atom. The second-order valence-electron chi connectivity index (χ2n) is 5.37. The van der Waals surface area contributed by atoms with Crippen LogP contribution in [0.5, 0.6) is 5.75 Å². The minimum absolute atomic E-state index is 0.104. The van der Waals surface area contributed by atoms with E-state index < -0.39 is 6.10 Å². The Morgan fingerprint density at radius 3 is 2.65 bits per heavy atom. The van der Waals surface area contributed by atoms with Crippen molar-refractivity contribution in [2.75, 3.05) is 13.1 Å². The fourth-order valence-corrected chi connectivity index (χ4v) is 1.80. The van der Waals surface area contributed by atoms with E-state index in [2.05, 4.69) is 25.2 Å². The third-order valence-corrected chi connectivity index (χ3v) is 3.23. The SMILES string of the molecule is Cc1ccc(C(C)C)cc1OC(C)C(=O)NCCCN. The molecule has 0 aliphatic heterocycles. The zero-order valence-corrected chi connectivity index (χ0v) is 12.9. The standard InChI is InChI=1S/C16H26N2O2/c1-11(2)14-7-6-12(3)15(10-14)20-13(4)16(19)18-9-5-8-17/h6-7,10-11,13H,5,8-9,17H2,1-4H3,(H,18,19). The average Bonchev–Trinajstić information content (AvgIpc) is 2.41. The van der Waals surface area contributed by atoms with Gasteiger partial charge in [-0.3, -0.25) is 4.79 Å². The van der Waals surface area contributed by atoms with E-state index in [1.165, 1.54) is 5.56 Å². The maximum absolute atomic E-state index is 11.9. The molecule has 0 radical (unpaired) electrons. The molecule has 0 saturated heterocycles. The molecule has 112 valence electrons. The van der Waals surface area contributed by atoms with Crippen molar-refractivity contribution in [2.24, 2.45) is 5.73 Å². The van der Waals surface area contributed by atoms with Gasteiger partial charge in [0.05, 0.1) is 0 Å². The van der Waals surface area contributed by atoms with E-state index in [1.807, 2.05) is 19.1 Å². The van der Waals surface area contributed by atoms with Gasteiger partial charge < -0.3 is 15.8 Å². The van der Waals surface area contributed by atoms with Crippen molar-refractivity contribution in [2.45, 2.75) is 46.1 Å². The van der Waals surface area contributed by atoms with E-state index in [0.29, 0.717) is 19.0 Å². The van der Waals surface area contributed by atoms with Crippen LogP contribution in [0.3, 0.4) is 0 Å². The maximum atomic E-state index is 11.9. The third-order valence-electron chi connectivity index (χ3n) is 3.23. The van der Waals surface area contributed by atoms with Crippen LogP contribution in [0.1, 0.15) is 44.2 Å². The topological polar surface area (TPSA) is 64.3 Å². The van der Waals surface area contributed by atoms with Crippen LogP contribution in [0, 0.1) is 6.92 Å². The Labute approximate surface area is 121 Å². The highest BCUT2D eigenvalue weighted by Gasteiger charge is 2.15. The first kappa shape index (κ1) is 16.5. The molecule has 0 saturated carbocycles. The van der Waals surface area contributed by atoms with Crippen molar-refractivity contribution in [3.63, 3.8) is 0 Å². The van der Waals surface area contributed by atoms with Crippen molar-refractivity contribution < 1.29 is 9.53 Å². The number of amides is 1. The summed E-state index contributed by atoms with van der Waals surface area (Å²) >= 11 is 0. The molecule has 0 aliphatic carbocycles. The van der Waals surface area contributed by atoms with E-state index >= 15 is 0 Å². The van der Waals surface area contributed by atoms with Crippen LogP contribution in [0.2, 0.25) is 0 Å². The number of aryl methyl sites for hydroxylation is 1. The molecule has 3 N–H and O–H groups in total. The number of hydrogen-bond donors (Lipinski definition) is 2. The summed E-state index contributed by atoms with van der Waals surface area (Å²) in [5.74, 6) is 1.11. The van der Waals surface area contributed by atoms with Gasteiger partial charge in [-0.15, -0.1) is 0 Å². The summed E-state index contributed by atoms with van der Waals surface area (Å²) in [5, 5.41) is 2.82. The van der Waals surface area contributed by atoms with Crippen LogP contribution in [-0.2, 0) is 4.79 Å². The second kappa shape index (κ2) is 7.90. The van der Waals surface area contributed by atoms with E-state index in [-0.39, 0.29) is 5.91 Å². The van der Waals surface area contributed by atoms with Crippen molar-refractivity contribution >= 4 is 5.91 Å². The Morgan fingerprint density at radius 1 is 1.35 bits per heavy atom. The molecule has 4 heteroatoms. The number of nitrogens with two attached hydrogens (primary N) is 1. The smallest absolute Gasteiger partial charge is 0.260 e. The van der Waals surface area contributed by atoms with Gasteiger partial charge >= 0.3 is 0 Å². The van der Waals surface area contributed by atoms with E-state index in [0.717, 1.165) is 17.7 Å². The largest absolute Gasteiger partial charge is 0.481 e. The molecule has 1 unspecified atom stereocenters. The fraction of sp³-hybridized carbons (Fsp3) is 0.562. The number of carbonyl (C=O) groups excluding carboxylic acids is 1. The lowest BCUT2D eigenvalue weighted by atomic mass is 10.0. The quantitative estimate of drug-likeness (QED) is 0.752. The van der Waals surface area contributed by atoms with Gasteiger partial charge in [0.25, 0.3) is 5.91 Å².